The van der Waals surface area contributed by atoms with Gasteiger partial charge in [0.2, 0.25) is 0 Å². The Labute approximate surface area is 123 Å². The van der Waals surface area contributed by atoms with Crippen molar-refractivity contribution in [3.63, 3.8) is 0 Å². The number of nitrogens with one attached hydrogen (secondary N) is 2. The lowest BCUT2D eigenvalue weighted by atomic mass is 9.96. The Morgan fingerprint density at radius 1 is 1.38 bits per heavy atom. The SMILES string of the molecule is COCC(O)CNC(=O)NCC1(c2ccc(F)cc2)CC1. The van der Waals surface area contributed by atoms with Crippen molar-refractivity contribution in [2.75, 3.05) is 26.8 Å². The smallest absolute Gasteiger partial charge is 0.314 e. The molecule has 0 heterocycles. The third-order valence-electron chi connectivity index (χ3n) is 3.75. The molecule has 5 nitrogen and oxygen atoms in total. The first kappa shape index (κ1) is 15.7. The summed E-state index contributed by atoms with van der Waals surface area (Å²) in [6.07, 6.45) is 1.24. The van der Waals surface area contributed by atoms with Gasteiger partial charge < -0.3 is 20.5 Å². The molecule has 0 aliphatic heterocycles. The normalized spacial score (nSPS) is 17.1. The molecule has 2 rings (SSSR count). The average Bonchev–Trinajstić information content (AvgIpc) is 3.25. The third-order valence-corrected chi connectivity index (χ3v) is 3.75. The maximum absolute atomic E-state index is 12.9. The molecule has 2 amide bonds. The van der Waals surface area contributed by atoms with Crippen LogP contribution in [0.25, 0.3) is 0 Å². The van der Waals surface area contributed by atoms with E-state index in [9.17, 15) is 14.3 Å². The number of ether oxygens (including phenoxy) is 1. The second-order valence-corrected chi connectivity index (χ2v) is 5.46. The molecule has 1 aliphatic rings. The van der Waals surface area contributed by atoms with Gasteiger partial charge in [0.25, 0.3) is 0 Å². The molecule has 0 bridgehead atoms. The molecule has 3 N–H and O–H groups in total. The minimum atomic E-state index is -0.715. The van der Waals surface area contributed by atoms with Crippen molar-refractivity contribution < 1.29 is 19.0 Å². The number of aliphatic hydroxyl groups excluding tert-OH is 1. The van der Waals surface area contributed by atoms with Gasteiger partial charge in [0.05, 0.1) is 12.7 Å². The van der Waals surface area contributed by atoms with Crippen LogP contribution in [0.4, 0.5) is 9.18 Å². The maximum Gasteiger partial charge on any atom is 0.314 e. The summed E-state index contributed by atoms with van der Waals surface area (Å²) in [5.41, 5.74) is 0.972. The van der Waals surface area contributed by atoms with Gasteiger partial charge in [0, 0.05) is 25.6 Å². The lowest BCUT2D eigenvalue weighted by Crippen LogP contribution is -2.43. The topological polar surface area (TPSA) is 70.6 Å². The van der Waals surface area contributed by atoms with E-state index in [0.29, 0.717) is 6.54 Å². The predicted octanol–water partition coefficient (Wildman–Crippen LogP) is 1.16. The molecule has 0 aromatic heterocycles. The van der Waals surface area contributed by atoms with Gasteiger partial charge in [-0.3, -0.25) is 0 Å². The highest BCUT2D eigenvalue weighted by atomic mass is 19.1. The van der Waals surface area contributed by atoms with Crippen LogP contribution in [0, 0.1) is 5.82 Å². The van der Waals surface area contributed by atoms with Gasteiger partial charge >= 0.3 is 6.03 Å². The minimum absolute atomic E-state index is 0.0732. The van der Waals surface area contributed by atoms with Crippen LogP contribution in [-0.2, 0) is 10.2 Å². The molecule has 0 spiro atoms. The van der Waals surface area contributed by atoms with E-state index < -0.39 is 6.10 Å². The van der Waals surface area contributed by atoms with Gasteiger partial charge in [-0.1, -0.05) is 12.1 Å². The van der Waals surface area contributed by atoms with E-state index in [4.69, 9.17) is 4.74 Å². The first-order chi connectivity index (χ1) is 10.1. The Balaban J connectivity index is 1.77. The molecule has 1 aromatic rings. The van der Waals surface area contributed by atoms with Crippen molar-refractivity contribution in [1.29, 1.82) is 0 Å². The summed E-state index contributed by atoms with van der Waals surface area (Å²) < 4.78 is 17.7. The van der Waals surface area contributed by atoms with Crippen LogP contribution in [0.3, 0.4) is 0 Å². The fraction of sp³-hybridized carbons (Fsp3) is 0.533. The molecule has 6 heteroatoms. The first-order valence-corrected chi connectivity index (χ1v) is 7.00. The van der Waals surface area contributed by atoms with Crippen molar-refractivity contribution in [3.05, 3.63) is 35.6 Å². The number of rotatable bonds is 7. The van der Waals surface area contributed by atoms with Crippen molar-refractivity contribution in [2.24, 2.45) is 0 Å². The van der Waals surface area contributed by atoms with E-state index in [0.717, 1.165) is 18.4 Å². The van der Waals surface area contributed by atoms with Crippen molar-refractivity contribution >= 4 is 6.03 Å². The second-order valence-electron chi connectivity index (χ2n) is 5.46. The Morgan fingerprint density at radius 3 is 2.62 bits per heavy atom. The summed E-state index contributed by atoms with van der Waals surface area (Å²) in [6.45, 7) is 0.827. The molecule has 1 unspecified atom stereocenters. The number of hydrogen-bond donors (Lipinski definition) is 3. The van der Waals surface area contributed by atoms with Gasteiger partial charge in [-0.2, -0.15) is 0 Å². The van der Waals surface area contributed by atoms with Gasteiger partial charge in [0.15, 0.2) is 0 Å². The molecule has 0 saturated heterocycles. The largest absolute Gasteiger partial charge is 0.389 e. The minimum Gasteiger partial charge on any atom is -0.389 e. The summed E-state index contributed by atoms with van der Waals surface area (Å²) in [7, 11) is 1.49. The second kappa shape index (κ2) is 6.87. The number of aliphatic hydroxyl groups is 1. The highest BCUT2D eigenvalue weighted by Gasteiger charge is 2.44. The van der Waals surface area contributed by atoms with Crippen LogP contribution < -0.4 is 10.6 Å². The van der Waals surface area contributed by atoms with Crippen LogP contribution in [0.15, 0.2) is 24.3 Å². The fourth-order valence-corrected chi connectivity index (χ4v) is 2.30. The molecule has 0 radical (unpaired) electrons. The predicted molar refractivity (Wildman–Crippen MR) is 76.6 cm³/mol. The Hall–Kier alpha value is -1.66. The molecular weight excluding hydrogens is 275 g/mol. The average molecular weight is 296 g/mol. The van der Waals surface area contributed by atoms with Crippen molar-refractivity contribution in [1.82, 2.24) is 10.6 Å². The molecule has 1 aliphatic carbocycles. The van der Waals surface area contributed by atoms with Crippen molar-refractivity contribution in [2.45, 2.75) is 24.4 Å². The Morgan fingerprint density at radius 2 is 2.05 bits per heavy atom. The quantitative estimate of drug-likeness (QED) is 0.707. The van der Waals surface area contributed by atoms with Crippen LogP contribution in [-0.4, -0.2) is 44.0 Å². The molecule has 1 aromatic carbocycles. The van der Waals surface area contributed by atoms with Crippen LogP contribution >= 0.6 is 0 Å². The van der Waals surface area contributed by atoms with Gasteiger partial charge in [0.1, 0.15) is 5.82 Å². The zero-order valence-corrected chi connectivity index (χ0v) is 12.1. The van der Waals surface area contributed by atoms with Crippen LogP contribution in [0.5, 0.6) is 0 Å². The van der Waals surface area contributed by atoms with Crippen molar-refractivity contribution in [3.8, 4) is 0 Å². The molecular formula is C15H21FN2O3. The Bertz CT molecular complexity index is 474. The lowest BCUT2D eigenvalue weighted by Gasteiger charge is -2.17. The molecule has 1 saturated carbocycles. The number of benzene rings is 1. The number of urea groups is 1. The molecule has 21 heavy (non-hydrogen) atoms. The summed E-state index contributed by atoms with van der Waals surface area (Å²) in [6, 6.07) is 6.10. The van der Waals surface area contributed by atoms with Crippen LogP contribution in [0.1, 0.15) is 18.4 Å². The third kappa shape index (κ3) is 4.41. The molecule has 1 atom stereocenters. The van der Waals surface area contributed by atoms with Gasteiger partial charge in [-0.05, 0) is 30.5 Å². The first-order valence-electron chi connectivity index (χ1n) is 7.00. The standard InChI is InChI=1S/C15H21FN2O3/c1-21-9-13(19)8-17-14(20)18-10-15(6-7-15)11-2-4-12(16)5-3-11/h2-5,13,19H,6-10H2,1H3,(H2,17,18,20). The zero-order chi connectivity index (χ0) is 15.3. The number of amides is 2. The number of hydrogen-bond acceptors (Lipinski definition) is 3. The fourth-order valence-electron chi connectivity index (χ4n) is 2.30. The zero-order valence-electron chi connectivity index (χ0n) is 12.1. The van der Waals surface area contributed by atoms with E-state index in [1.54, 1.807) is 12.1 Å². The van der Waals surface area contributed by atoms with E-state index in [2.05, 4.69) is 10.6 Å². The van der Waals surface area contributed by atoms with Gasteiger partial charge in [-0.25, -0.2) is 9.18 Å². The maximum atomic E-state index is 12.9. The molecule has 1 fully saturated rings. The van der Waals surface area contributed by atoms with Gasteiger partial charge in [-0.15, -0.1) is 0 Å². The molecule has 116 valence electrons. The van der Waals surface area contributed by atoms with E-state index in [-0.39, 0.29) is 30.4 Å². The Kier molecular flexibility index (Phi) is 5.14. The lowest BCUT2D eigenvalue weighted by molar-refractivity contribution is 0.0659. The summed E-state index contributed by atoms with van der Waals surface area (Å²) >= 11 is 0. The van der Waals surface area contributed by atoms with E-state index in [1.807, 2.05) is 0 Å². The van der Waals surface area contributed by atoms with E-state index in [1.165, 1.54) is 19.2 Å². The number of carbonyl (C=O) groups excluding carboxylic acids is 1. The number of halogens is 1. The highest BCUT2D eigenvalue weighted by molar-refractivity contribution is 5.74. The van der Waals surface area contributed by atoms with Crippen LogP contribution in [0.2, 0.25) is 0 Å². The summed E-state index contributed by atoms with van der Waals surface area (Å²) in [4.78, 5) is 11.7. The highest BCUT2D eigenvalue weighted by Crippen LogP contribution is 2.47. The van der Waals surface area contributed by atoms with E-state index >= 15 is 0 Å². The number of methoxy groups -OCH3 is 1. The monoisotopic (exact) mass is 296 g/mol. The number of carbonyl (C=O) groups is 1. The summed E-state index contributed by atoms with van der Waals surface area (Å²) in [5.74, 6) is -0.257. The summed E-state index contributed by atoms with van der Waals surface area (Å²) in [5, 5.41) is 14.8.